The third kappa shape index (κ3) is 8.19. The molecule has 12 heteroatoms. The van der Waals surface area contributed by atoms with Gasteiger partial charge in [-0.2, -0.15) is 0 Å². The number of hydrogen-bond acceptors (Lipinski definition) is 10. The second-order valence-corrected chi connectivity index (χ2v) is 15.6. The fraction of sp³-hybridized carbons (Fsp3) is 0.692. The number of hydrogen-bond donors (Lipinski definition) is 2. The van der Waals surface area contributed by atoms with Crippen molar-refractivity contribution in [2.45, 2.75) is 113 Å². The van der Waals surface area contributed by atoms with Crippen LogP contribution in [-0.4, -0.2) is 126 Å². The van der Waals surface area contributed by atoms with Crippen LogP contribution in [0.4, 0.5) is 5.82 Å². The molecule has 0 amide bonds. The molecule has 51 heavy (non-hydrogen) atoms. The Kier molecular flexibility index (Phi) is 11.7. The molecule has 2 aliphatic carbocycles. The standard InChI is InChI=1S/C20H31N5O.C19H28N4O2.2H2/c1-24(2)15-4-6-16(7-5-15)25(3)20-18-17(14-8-10-26-11-9-14)12-21-19(18)22-13-23-20;1-23(2)14-3-5-15(6-4-14)25-19-17-16(13-7-9-24-10-8-13)11-20-18(17)21-12-22-19;;/h12-16H,4-11H2,1-3H3,(H,21,22,23);11-15H,3-10H2,1-2H3,(H,20,21,22);2*1H. The van der Waals surface area contributed by atoms with Crippen LogP contribution in [0, 0.1) is 0 Å². The van der Waals surface area contributed by atoms with Crippen molar-refractivity contribution in [2.75, 3.05) is 66.6 Å². The molecular weight excluding hydrogens is 642 g/mol. The van der Waals surface area contributed by atoms with Gasteiger partial charge in [-0.25, -0.2) is 19.9 Å². The van der Waals surface area contributed by atoms with Gasteiger partial charge < -0.3 is 38.9 Å². The average molecular weight is 706 g/mol. The van der Waals surface area contributed by atoms with E-state index in [2.05, 4.69) is 87.3 Å². The second-order valence-electron chi connectivity index (χ2n) is 15.6. The summed E-state index contributed by atoms with van der Waals surface area (Å²) in [6.07, 6.45) is 21.6. The lowest BCUT2D eigenvalue weighted by Gasteiger charge is -2.37. The van der Waals surface area contributed by atoms with Crippen LogP contribution < -0.4 is 9.64 Å². The van der Waals surface area contributed by atoms with Crippen LogP contribution in [0.5, 0.6) is 5.88 Å². The first kappa shape index (κ1) is 36.1. The fourth-order valence-electron chi connectivity index (χ4n) is 8.92. The summed E-state index contributed by atoms with van der Waals surface area (Å²) in [7, 11) is 10.9. The van der Waals surface area contributed by atoms with Crippen LogP contribution >= 0.6 is 0 Å². The molecule has 4 aromatic rings. The van der Waals surface area contributed by atoms with E-state index in [1.807, 2.05) is 0 Å². The van der Waals surface area contributed by atoms with Gasteiger partial charge in [0.25, 0.3) is 0 Å². The first-order valence-electron chi connectivity index (χ1n) is 19.4. The van der Waals surface area contributed by atoms with Crippen molar-refractivity contribution in [3.63, 3.8) is 0 Å². The molecule has 2 saturated heterocycles. The molecule has 0 bridgehead atoms. The number of nitrogens with zero attached hydrogens (tertiary/aromatic N) is 7. The molecule has 0 unspecified atom stereocenters. The zero-order valence-electron chi connectivity index (χ0n) is 31.4. The molecule has 12 nitrogen and oxygen atoms in total. The zero-order valence-corrected chi connectivity index (χ0v) is 31.4. The molecule has 0 spiro atoms. The number of fused-ring (bicyclic) bond motifs is 2. The third-order valence-electron chi connectivity index (χ3n) is 12.2. The summed E-state index contributed by atoms with van der Waals surface area (Å²) in [6.45, 7) is 3.36. The minimum Gasteiger partial charge on any atom is -0.474 e. The largest absolute Gasteiger partial charge is 0.474 e. The Morgan fingerprint density at radius 1 is 0.588 bits per heavy atom. The minimum absolute atomic E-state index is 0. The number of aromatic amines is 2. The van der Waals surface area contributed by atoms with Gasteiger partial charge in [0.05, 0.1) is 10.8 Å². The van der Waals surface area contributed by atoms with Gasteiger partial charge in [-0.3, -0.25) is 0 Å². The number of aromatic nitrogens is 6. The maximum Gasteiger partial charge on any atom is 0.226 e. The number of rotatable bonds is 8. The SMILES string of the molecule is CN(C)C1CCC(N(C)c2ncnc3[nH]cc(C4CCOCC4)c23)CC1.CN(C)C1CCC(Oc2ncnc3[nH]cc(C4CCOCC4)c23)CC1.[HH].[HH]. The summed E-state index contributed by atoms with van der Waals surface area (Å²) < 4.78 is 17.4. The Hall–Kier alpha value is -3.32. The lowest BCUT2D eigenvalue weighted by atomic mass is 9.89. The van der Waals surface area contributed by atoms with Crippen molar-refractivity contribution in [2.24, 2.45) is 0 Å². The molecule has 4 aliphatic rings. The van der Waals surface area contributed by atoms with Crippen molar-refractivity contribution in [3.8, 4) is 5.88 Å². The number of H-pyrrole nitrogens is 2. The van der Waals surface area contributed by atoms with Gasteiger partial charge in [-0.15, -0.1) is 0 Å². The number of nitrogens with one attached hydrogen (secondary N) is 2. The highest BCUT2D eigenvalue weighted by molar-refractivity contribution is 5.91. The van der Waals surface area contributed by atoms with E-state index >= 15 is 0 Å². The van der Waals surface area contributed by atoms with Gasteiger partial charge in [0.15, 0.2) is 0 Å². The Bertz CT molecular complexity index is 1690. The van der Waals surface area contributed by atoms with Gasteiger partial charge in [-0.1, -0.05) is 0 Å². The van der Waals surface area contributed by atoms with Crippen LogP contribution in [-0.2, 0) is 9.47 Å². The Morgan fingerprint density at radius 2 is 1.06 bits per heavy atom. The van der Waals surface area contributed by atoms with Crippen LogP contribution in [0.1, 0.15) is 103 Å². The van der Waals surface area contributed by atoms with Gasteiger partial charge in [-0.05, 0) is 128 Å². The van der Waals surface area contributed by atoms with E-state index in [0.29, 0.717) is 23.9 Å². The van der Waals surface area contributed by atoms with E-state index in [-0.39, 0.29) is 8.96 Å². The lowest BCUT2D eigenvalue weighted by Crippen LogP contribution is -2.40. The quantitative estimate of drug-likeness (QED) is 0.204. The predicted molar refractivity (Wildman–Crippen MR) is 206 cm³/mol. The summed E-state index contributed by atoms with van der Waals surface area (Å²) in [5, 5.41) is 2.29. The Morgan fingerprint density at radius 3 is 1.61 bits per heavy atom. The summed E-state index contributed by atoms with van der Waals surface area (Å²) in [4.78, 5) is 31.9. The highest BCUT2D eigenvalue weighted by atomic mass is 16.5. The highest BCUT2D eigenvalue weighted by Crippen LogP contribution is 2.39. The maximum atomic E-state index is 6.37. The molecule has 0 aromatic carbocycles. The smallest absolute Gasteiger partial charge is 0.226 e. The summed E-state index contributed by atoms with van der Waals surface area (Å²) in [6, 6.07) is 1.95. The van der Waals surface area contributed by atoms with Crippen molar-refractivity contribution < 1.29 is 17.1 Å². The molecule has 2 N–H and O–H groups in total. The fourth-order valence-corrected chi connectivity index (χ4v) is 8.92. The molecule has 6 heterocycles. The van der Waals surface area contributed by atoms with Crippen molar-refractivity contribution in [3.05, 3.63) is 36.2 Å². The molecule has 0 atom stereocenters. The molecule has 0 radical (unpaired) electrons. The van der Waals surface area contributed by atoms with Gasteiger partial charge in [0.2, 0.25) is 5.88 Å². The second kappa shape index (κ2) is 16.6. The average Bonchev–Trinajstić information content (AvgIpc) is 3.82. The summed E-state index contributed by atoms with van der Waals surface area (Å²) >= 11 is 0. The van der Waals surface area contributed by atoms with Crippen molar-refractivity contribution >= 4 is 27.9 Å². The molecule has 2 saturated carbocycles. The van der Waals surface area contributed by atoms with Crippen molar-refractivity contribution in [1.29, 1.82) is 0 Å². The van der Waals surface area contributed by atoms with Gasteiger partial charge in [0, 0.05) is 66.8 Å². The predicted octanol–water partition coefficient (Wildman–Crippen LogP) is 6.76. The highest BCUT2D eigenvalue weighted by Gasteiger charge is 2.30. The third-order valence-corrected chi connectivity index (χ3v) is 12.2. The summed E-state index contributed by atoms with van der Waals surface area (Å²) in [5.41, 5.74) is 4.50. The molecule has 282 valence electrons. The summed E-state index contributed by atoms with van der Waals surface area (Å²) in [5.74, 6) is 2.88. The van der Waals surface area contributed by atoms with Crippen LogP contribution in [0.15, 0.2) is 25.0 Å². The molecular formula is C39H63N9O3. The Labute approximate surface area is 306 Å². The normalized spacial score (nSPS) is 25.3. The number of anilines is 1. The molecule has 4 fully saturated rings. The van der Waals surface area contributed by atoms with E-state index in [0.717, 1.165) is 99.4 Å². The zero-order chi connectivity index (χ0) is 35.3. The van der Waals surface area contributed by atoms with E-state index < -0.39 is 0 Å². The van der Waals surface area contributed by atoms with E-state index in [1.165, 1.54) is 55.0 Å². The van der Waals surface area contributed by atoms with E-state index in [4.69, 9.17) is 19.2 Å². The topological polar surface area (TPSA) is 121 Å². The molecule has 2 aliphatic heterocycles. The van der Waals surface area contributed by atoms with Crippen LogP contribution in [0.25, 0.3) is 22.1 Å². The molecule has 4 aromatic heterocycles. The molecule has 8 rings (SSSR count). The van der Waals surface area contributed by atoms with E-state index in [9.17, 15) is 0 Å². The maximum absolute atomic E-state index is 6.37. The van der Waals surface area contributed by atoms with Gasteiger partial charge >= 0.3 is 0 Å². The minimum atomic E-state index is 0. The Balaban J connectivity index is 0.000000197. The first-order chi connectivity index (χ1) is 24.9. The van der Waals surface area contributed by atoms with E-state index in [1.54, 1.807) is 12.7 Å². The van der Waals surface area contributed by atoms with Gasteiger partial charge in [0.1, 0.15) is 35.9 Å². The van der Waals surface area contributed by atoms with Crippen LogP contribution in [0.2, 0.25) is 0 Å². The first-order valence-corrected chi connectivity index (χ1v) is 19.4. The number of ether oxygens (including phenoxy) is 3. The van der Waals surface area contributed by atoms with Crippen LogP contribution in [0.3, 0.4) is 0 Å². The van der Waals surface area contributed by atoms with Crippen molar-refractivity contribution in [1.82, 2.24) is 39.7 Å². The lowest BCUT2D eigenvalue weighted by molar-refractivity contribution is 0.0853. The monoisotopic (exact) mass is 706 g/mol.